The van der Waals surface area contributed by atoms with Crippen molar-refractivity contribution < 1.29 is 13.9 Å². The van der Waals surface area contributed by atoms with E-state index >= 15 is 0 Å². The number of Topliss-reactive ketones (excluding diaryl/α,β-unsaturated/α-hetero) is 1. The molecule has 0 bridgehead atoms. The molecule has 0 aromatic heterocycles. The number of hydrogen-bond acceptors (Lipinski definition) is 3. The van der Waals surface area contributed by atoms with Gasteiger partial charge in [0, 0.05) is 25.6 Å². The van der Waals surface area contributed by atoms with Crippen LogP contribution < -0.4 is 0 Å². The van der Waals surface area contributed by atoms with Crippen LogP contribution in [0.2, 0.25) is 0 Å². The van der Waals surface area contributed by atoms with E-state index in [1.54, 1.807) is 18.2 Å². The van der Waals surface area contributed by atoms with Gasteiger partial charge in [-0.2, -0.15) is 0 Å². The van der Waals surface area contributed by atoms with Gasteiger partial charge in [-0.25, -0.2) is 4.39 Å². The Balaban J connectivity index is 1.88. The van der Waals surface area contributed by atoms with Crippen molar-refractivity contribution in [2.75, 3.05) is 26.7 Å². The first-order valence-electron chi connectivity index (χ1n) is 7.17. The average molecular weight is 279 g/mol. The fraction of sp³-hybridized carbons (Fsp3) is 0.562. The predicted octanol–water partition coefficient (Wildman–Crippen LogP) is 2.76. The van der Waals surface area contributed by atoms with Crippen molar-refractivity contribution >= 4 is 5.78 Å². The maximum Gasteiger partial charge on any atom is 0.169 e. The Morgan fingerprint density at radius 1 is 1.50 bits per heavy atom. The van der Waals surface area contributed by atoms with Crippen molar-refractivity contribution in [2.45, 2.75) is 25.9 Å². The lowest BCUT2D eigenvalue weighted by molar-refractivity contribution is 0.0717. The van der Waals surface area contributed by atoms with Crippen LogP contribution in [0.15, 0.2) is 24.3 Å². The third kappa shape index (κ3) is 3.87. The monoisotopic (exact) mass is 279 g/mol. The molecule has 1 aromatic rings. The molecule has 1 saturated heterocycles. The summed E-state index contributed by atoms with van der Waals surface area (Å²) in [5.74, 6) is -0.799. The van der Waals surface area contributed by atoms with E-state index in [4.69, 9.17) is 4.74 Å². The molecule has 0 amide bonds. The summed E-state index contributed by atoms with van der Waals surface area (Å²) in [5, 5.41) is 0. The molecule has 1 heterocycles. The number of ether oxygens (including phenoxy) is 1. The molecule has 2 unspecified atom stereocenters. The summed E-state index contributed by atoms with van der Waals surface area (Å²) in [5.41, 5.74) is 0.186. The predicted molar refractivity (Wildman–Crippen MR) is 76.4 cm³/mol. The Hall–Kier alpha value is -1.26. The maximum absolute atomic E-state index is 13.6. The van der Waals surface area contributed by atoms with Crippen molar-refractivity contribution in [3.05, 3.63) is 35.6 Å². The molecule has 0 radical (unpaired) electrons. The fourth-order valence-electron chi connectivity index (χ4n) is 2.69. The van der Waals surface area contributed by atoms with E-state index in [-0.39, 0.29) is 23.4 Å². The van der Waals surface area contributed by atoms with Gasteiger partial charge in [0.1, 0.15) is 5.82 Å². The maximum atomic E-state index is 13.6. The van der Waals surface area contributed by atoms with Crippen LogP contribution in [-0.4, -0.2) is 43.5 Å². The van der Waals surface area contributed by atoms with E-state index in [9.17, 15) is 9.18 Å². The second-order valence-corrected chi connectivity index (χ2v) is 5.60. The number of nitrogens with zero attached hydrogens (tertiary/aromatic N) is 1. The van der Waals surface area contributed by atoms with Crippen molar-refractivity contribution in [2.24, 2.45) is 5.92 Å². The van der Waals surface area contributed by atoms with Crippen LogP contribution in [0, 0.1) is 11.7 Å². The number of carbonyl (C=O) groups is 1. The van der Waals surface area contributed by atoms with Crippen LogP contribution >= 0.6 is 0 Å². The third-order valence-corrected chi connectivity index (χ3v) is 3.71. The Labute approximate surface area is 119 Å². The molecule has 0 spiro atoms. The topological polar surface area (TPSA) is 29.5 Å². The summed E-state index contributed by atoms with van der Waals surface area (Å²) in [4.78, 5) is 14.3. The van der Waals surface area contributed by atoms with Crippen LogP contribution in [0.1, 0.15) is 30.1 Å². The molecule has 1 fully saturated rings. The molecule has 2 atom stereocenters. The molecule has 1 aromatic carbocycles. The first kappa shape index (κ1) is 15.1. The Morgan fingerprint density at radius 2 is 2.25 bits per heavy atom. The van der Waals surface area contributed by atoms with Crippen LogP contribution in [-0.2, 0) is 4.74 Å². The second-order valence-electron chi connectivity index (χ2n) is 5.60. The minimum absolute atomic E-state index is 0.137. The smallest absolute Gasteiger partial charge is 0.169 e. The van der Waals surface area contributed by atoms with Crippen molar-refractivity contribution in [1.82, 2.24) is 4.90 Å². The number of halogens is 1. The highest BCUT2D eigenvalue weighted by atomic mass is 19.1. The molecule has 3 nitrogen and oxygen atoms in total. The zero-order chi connectivity index (χ0) is 14.5. The minimum Gasteiger partial charge on any atom is -0.377 e. The van der Waals surface area contributed by atoms with Gasteiger partial charge in [-0.15, -0.1) is 0 Å². The van der Waals surface area contributed by atoms with Gasteiger partial charge in [-0.3, -0.25) is 4.79 Å². The molecule has 1 aliphatic rings. The lowest BCUT2D eigenvalue weighted by Gasteiger charge is -2.23. The highest BCUT2D eigenvalue weighted by Crippen LogP contribution is 2.16. The molecule has 1 aliphatic heterocycles. The third-order valence-electron chi connectivity index (χ3n) is 3.71. The summed E-state index contributed by atoms with van der Waals surface area (Å²) in [6.07, 6.45) is 2.47. The zero-order valence-electron chi connectivity index (χ0n) is 12.1. The summed E-state index contributed by atoms with van der Waals surface area (Å²) < 4.78 is 19.2. The Kier molecular flexibility index (Phi) is 5.26. The van der Waals surface area contributed by atoms with E-state index in [1.807, 2.05) is 14.0 Å². The summed E-state index contributed by atoms with van der Waals surface area (Å²) in [6, 6.07) is 6.17. The second kappa shape index (κ2) is 6.95. The summed E-state index contributed by atoms with van der Waals surface area (Å²) >= 11 is 0. The van der Waals surface area contributed by atoms with Crippen LogP contribution in [0.4, 0.5) is 4.39 Å². The van der Waals surface area contributed by atoms with Gasteiger partial charge in [0.05, 0.1) is 11.7 Å². The SMILES string of the molecule is CC(CN(C)CC1CCCO1)C(=O)c1ccccc1F. The summed E-state index contributed by atoms with van der Waals surface area (Å²) in [7, 11) is 1.98. The molecule has 110 valence electrons. The molecule has 2 rings (SSSR count). The number of rotatable bonds is 6. The van der Waals surface area contributed by atoms with E-state index in [1.165, 1.54) is 6.07 Å². The van der Waals surface area contributed by atoms with E-state index in [2.05, 4.69) is 4.90 Å². The average Bonchev–Trinajstić information content (AvgIpc) is 2.91. The van der Waals surface area contributed by atoms with Gasteiger partial charge in [-0.05, 0) is 32.0 Å². The molecule has 0 N–H and O–H groups in total. The van der Waals surface area contributed by atoms with Gasteiger partial charge < -0.3 is 9.64 Å². The van der Waals surface area contributed by atoms with E-state index in [0.717, 1.165) is 26.0 Å². The number of benzene rings is 1. The van der Waals surface area contributed by atoms with Gasteiger partial charge in [0.2, 0.25) is 0 Å². The summed E-state index contributed by atoms with van der Waals surface area (Å²) in [6.45, 7) is 4.13. The molecule has 0 aliphatic carbocycles. The van der Waals surface area contributed by atoms with Crippen molar-refractivity contribution in [3.63, 3.8) is 0 Å². The lowest BCUT2D eigenvalue weighted by atomic mass is 9.98. The standard InChI is InChI=1S/C16H22FNO2/c1-12(10-18(2)11-13-6-5-9-20-13)16(19)14-7-3-4-8-15(14)17/h3-4,7-8,12-13H,5-6,9-11H2,1-2H3. The first-order valence-corrected chi connectivity index (χ1v) is 7.17. The zero-order valence-corrected chi connectivity index (χ0v) is 12.1. The quantitative estimate of drug-likeness (QED) is 0.750. The number of ketones is 1. The highest BCUT2D eigenvalue weighted by molar-refractivity contribution is 5.98. The van der Waals surface area contributed by atoms with Crippen LogP contribution in [0.5, 0.6) is 0 Å². The minimum atomic E-state index is -0.439. The molecular formula is C16H22FNO2. The number of carbonyl (C=O) groups excluding carboxylic acids is 1. The number of likely N-dealkylation sites (N-methyl/N-ethyl adjacent to an activating group) is 1. The lowest BCUT2D eigenvalue weighted by Crippen LogP contribution is -2.34. The molecular weight excluding hydrogens is 257 g/mol. The van der Waals surface area contributed by atoms with Gasteiger partial charge >= 0.3 is 0 Å². The number of hydrogen-bond donors (Lipinski definition) is 0. The first-order chi connectivity index (χ1) is 9.58. The fourth-order valence-corrected chi connectivity index (χ4v) is 2.69. The highest BCUT2D eigenvalue weighted by Gasteiger charge is 2.22. The Morgan fingerprint density at radius 3 is 2.90 bits per heavy atom. The molecule has 0 saturated carbocycles. The molecule has 4 heteroatoms. The normalized spacial score (nSPS) is 20.3. The van der Waals surface area contributed by atoms with Gasteiger partial charge in [-0.1, -0.05) is 19.1 Å². The van der Waals surface area contributed by atoms with Gasteiger partial charge in [0.25, 0.3) is 0 Å². The van der Waals surface area contributed by atoms with Crippen LogP contribution in [0.3, 0.4) is 0 Å². The molecule has 20 heavy (non-hydrogen) atoms. The Bertz CT molecular complexity index is 458. The van der Waals surface area contributed by atoms with Crippen LogP contribution in [0.25, 0.3) is 0 Å². The van der Waals surface area contributed by atoms with Crippen molar-refractivity contribution in [3.8, 4) is 0 Å². The van der Waals surface area contributed by atoms with E-state index < -0.39 is 5.82 Å². The van der Waals surface area contributed by atoms with Crippen molar-refractivity contribution in [1.29, 1.82) is 0 Å². The van der Waals surface area contributed by atoms with E-state index in [0.29, 0.717) is 6.54 Å². The largest absolute Gasteiger partial charge is 0.377 e. The van der Waals surface area contributed by atoms with Gasteiger partial charge in [0.15, 0.2) is 5.78 Å².